The molecule has 2 aromatic carbocycles. The number of nitrogens with one attached hydrogen (secondary N) is 1. The smallest absolute Gasteiger partial charge is 0.269 e. The van der Waals surface area contributed by atoms with Gasteiger partial charge >= 0.3 is 0 Å². The van der Waals surface area contributed by atoms with Crippen molar-refractivity contribution in [3.8, 4) is 22.5 Å². The molecule has 0 spiro atoms. The molecule has 0 aliphatic carbocycles. The summed E-state index contributed by atoms with van der Waals surface area (Å²) in [4.78, 5) is 23.2. The van der Waals surface area contributed by atoms with Crippen molar-refractivity contribution in [2.24, 2.45) is 0 Å². The van der Waals surface area contributed by atoms with Crippen LogP contribution in [-0.4, -0.2) is 15.9 Å². The molecule has 0 atom stereocenters. The molecule has 0 bridgehead atoms. The zero-order chi connectivity index (χ0) is 21.4. The lowest BCUT2D eigenvalue weighted by Gasteiger charge is -2.01. The van der Waals surface area contributed by atoms with Gasteiger partial charge in [0.05, 0.1) is 17.1 Å². The predicted octanol–water partition coefficient (Wildman–Crippen LogP) is 6.57. The van der Waals surface area contributed by atoms with E-state index in [1.54, 1.807) is 0 Å². The SMILES string of the molecule is Nc1c(C(=O)Nc2nc(-c3ccccc3Cl)cs2)sc2nc(-c3ccccc3)ccc12. The number of halogens is 1. The minimum Gasteiger partial charge on any atom is -0.397 e. The summed E-state index contributed by atoms with van der Waals surface area (Å²) in [6, 6.07) is 21.2. The zero-order valence-electron chi connectivity index (χ0n) is 16.0. The van der Waals surface area contributed by atoms with Crippen molar-refractivity contribution in [2.75, 3.05) is 11.1 Å². The Kier molecular flexibility index (Phi) is 5.15. The second kappa shape index (κ2) is 8.11. The average molecular weight is 463 g/mol. The van der Waals surface area contributed by atoms with E-state index in [0.29, 0.717) is 26.4 Å². The molecule has 3 heterocycles. The molecule has 1 amide bonds. The lowest BCUT2D eigenvalue weighted by atomic mass is 10.1. The van der Waals surface area contributed by atoms with E-state index in [0.717, 1.165) is 27.0 Å². The number of carbonyl (C=O) groups excluding carboxylic acids is 1. The number of thiazole rings is 1. The monoisotopic (exact) mass is 462 g/mol. The largest absolute Gasteiger partial charge is 0.397 e. The number of aromatic nitrogens is 2. The van der Waals surface area contributed by atoms with E-state index in [4.69, 9.17) is 22.3 Å². The van der Waals surface area contributed by atoms with E-state index in [1.165, 1.54) is 22.7 Å². The lowest BCUT2D eigenvalue weighted by Crippen LogP contribution is -2.11. The molecule has 0 saturated carbocycles. The van der Waals surface area contributed by atoms with Crippen LogP contribution in [0.5, 0.6) is 0 Å². The molecular weight excluding hydrogens is 448 g/mol. The van der Waals surface area contributed by atoms with E-state index in [1.807, 2.05) is 72.1 Å². The van der Waals surface area contributed by atoms with Gasteiger partial charge in [0.2, 0.25) is 0 Å². The standard InChI is InChI=1S/C23H15ClN4OS2/c24-16-9-5-4-8-14(16)18-12-30-23(27-18)28-21(29)20-19(25)15-10-11-17(26-22(15)31-20)13-6-2-1-3-7-13/h1-12H,25H2,(H,27,28,29). The van der Waals surface area contributed by atoms with Crippen molar-refractivity contribution in [1.82, 2.24) is 9.97 Å². The molecule has 3 N–H and O–H groups in total. The predicted molar refractivity (Wildman–Crippen MR) is 130 cm³/mol. The summed E-state index contributed by atoms with van der Waals surface area (Å²) in [6.07, 6.45) is 0. The van der Waals surface area contributed by atoms with Crippen LogP contribution >= 0.6 is 34.3 Å². The first-order valence-electron chi connectivity index (χ1n) is 9.36. The number of rotatable bonds is 4. The van der Waals surface area contributed by atoms with Gasteiger partial charge in [-0.2, -0.15) is 0 Å². The summed E-state index contributed by atoms with van der Waals surface area (Å²) in [5.74, 6) is -0.304. The molecule has 152 valence electrons. The van der Waals surface area contributed by atoms with E-state index >= 15 is 0 Å². The summed E-state index contributed by atoms with van der Waals surface area (Å²) in [6.45, 7) is 0. The molecule has 0 aliphatic rings. The van der Waals surface area contributed by atoms with Crippen LogP contribution in [0.1, 0.15) is 9.67 Å². The van der Waals surface area contributed by atoms with Gasteiger partial charge in [0.15, 0.2) is 5.13 Å². The van der Waals surface area contributed by atoms with Gasteiger partial charge in [-0.25, -0.2) is 9.97 Å². The van der Waals surface area contributed by atoms with Crippen molar-refractivity contribution >= 4 is 61.2 Å². The van der Waals surface area contributed by atoms with Crippen molar-refractivity contribution < 1.29 is 4.79 Å². The Morgan fingerprint density at radius 3 is 2.52 bits per heavy atom. The van der Waals surface area contributed by atoms with E-state index in [9.17, 15) is 4.79 Å². The highest BCUT2D eigenvalue weighted by Crippen LogP contribution is 2.35. The third-order valence-corrected chi connectivity index (χ3v) is 6.95. The molecule has 0 unspecified atom stereocenters. The number of nitrogens with zero attached hydrogens (tertiary/aromatic N) is 2. The van der Waals surface area contributed by atoms with Crippen LogP contribution in [0, 0.1) is 0 Å². The number of thiophene rings is 1. The zero-order valence-corrected chi connectivity index (χ0v) is 18.4. The van der Waals surface area contributed by atoms with Crippen LogP contribution in [0.3, 0.4) is 0 Å². The number of carbonyl (C=O) groups is 1. The Hall–Kier alpha value is -3.26. The summed E-state index contributed by atoms with van der Waals surface area (Å²) >= 11 is 8.86. The van der Waals surface area contributed by atoms with Crippen LogP contribution < -0.4 is 11.1 Å². The summed E-state index contributed by atoms with van der Waals surface area (Å²) < 4.78 is 0. The van der Waals surface area contributed by atoms with Gasteiger partial charge in [-0.1, -0.05) is 60.1 Å². The molecule has 5 aromatic rings. The molecule has 3 aromatic heterocycles. The van der Waals surface area contributed by atoms with Crippen molar-refractivity contribution in [3.63, 3.8) is 0 Å². The Labute approximate surface area is 191 Å². The maximum Gasteiger partial charge on any atom is 0.269 e. The molecule has 0 radical (unpaired) electrons. The molecule has 0 aliphatic heterocycles. The number of fused-ring (bicyclic) bond motifs is 1. The quantitative estimate of drug-likeness (QED) is 0.316. The maximum atomic E-state index is 12.9. The Balaban J connectivity index is 1.42. The van der Waals surface area contributed by atoms with Crippen LogP contribution in [0.15, 0.2) is 72.1 Å². The maximum absolute atomic E-state index is 12.9. The fourth-order valence-corrected chi connectivity index (χ4v) is 5.14. The highest BCUT2D eigenvalue weighted by atomic mass is 35.5. The number of anilines is 2. The van der Waals surface area contributed by atoms with E-state index in [2.05, 4.69) is 10.3 Å². The molecular formula is C23H15ClN4OS2. The van der Waals surface area contributed by atoms with E-state index in [-0.39, 0.29) is 5.91 Å². The summed E-state index contributed by atoms with van der Waals surface area (Å²) in [7, 11) is 0. The molecule has 31 heavy (non-hydrogen) atoms. The third-order valence-electron chi connectivity index (χ3n) is 4.74. The number of hydrogen-bond donors (Lipinski definition) is 2. The minimum absolute atomic E-state index is 0.304. The van der Waals surface area contributed by atoms with Crippen LogP contribution in [0.25, 0.3) is 32.7 Å². The molecule has 5 rings (SSSR count). The third kappa shape index (κ3) is 3.79. The number of benzene rings is 2. The normalized spacial score (nSPS) is 11.0. The van der Waals surface area contributed by atoms with Gasteiger partial charge in [0, 0.05) is 26.9 Å². The molecule has 8 heteroatoms. The van der Waals surface area contributed by atoms with Crippen molar-refractivity contribution in [1.29, 1.82) is 0 Å². The fourth-order valence-electron chi connectivity index (χ4n) is 3.21. The Morgan fingerprint density at radius 2 is 1.71 bits per heavy atom. The molecule has 5 nitrogen and oxygen atoms in total. The van der Waals surface area contributed by atoms with Crippen molar-refractivity contribution in [3.05, 3.63) is 82.0 Å². The number of hydrogen-bond acceptors (Lipinski definition) is 6. The van der Waals surface area contributed by atoms with Crippen LogP contribution in [0.4, 0.5) is 10.8 Å². The molecule has 0 fully saturated rings. The van der Waals surface area contributed by atoms with Gasteiger partial charge in [-0.15, -0.1) is 22.7 Å². The van der Waals surface area contributed by atoms with Gasteiger partial charge in [-0.05, 0) is 18.2 Å². The summed E-state index contributed by atoms with van der Waals surface area (Å²) in [5, 5.41) is 6.57. The molecule has 0 saturated heterocycles. The first kappa shape index (κ1) is 19.7. The number of nitrogens with two attached hydrogens (primary N) is 1. The Bertz CT molecular complexity index is 1410. The van der Waals surface area contributed by atoms with Gasteiger partial charge in [0.1, 0.15) is 9.71 Å². The highest BCUT2D eigenvalue weighted by molar-refractivity contribution is 7.21. The highest BCUT2D eigenvalue weighted by Gasteiger charge is 2.19. The lowest BCUT2D eigenvalue weighted by molar-refractivity contribution is 0.103. The Morgan fingerprint density at radius 1 is 0.935 bits per heavy atom. The topological polar surface area (TPSA) is 80.9 Å². The first-order valence-corrected chi connectivity index (χ1v) is 11.4. The van der Waals surface area contributed by atoms with Crippen LogP contribution in [0.2, 0.25) is 5.02 Å². The second-order valence-corrected chi connectivity index (χ2v) is 9.00. The number of amides is 1. The van der Waals surface area contributed by atoms with Crippen molar-refractivity contribution in [2.45, 2.75) is 0 Å². The minimum atomic E-state index is -0.304. The fraction of sp³-hybridized carbons (Fsp3) is 0. The van der Waals surface area contributed by atoms with Gasteiger partial charge in [-0.3, -0.25) is 10.1 Å². The average Bonchev–Trinajstić information content (AvgIpc) is 3.39. The van der Waals surface area contributed by atoms with Gasteiger partial charge in [0.25, 0.3) is 5.91 Å². The van der Waals surface area contributed by atoms with E-state index < -0.39 is 0 Å². The van der Waals surface area contributed by atoms with Crippen LogP contribution in [-0.2, 0) is 0 Å². The number of nitrogen functional groups attached to an aromatic ring is 1. The first-order chi connectivity index (χ1) is 15.1. The summed E-state index contributed by atoms with van der Waals surface area (Å²) in [5.41, 5.74) is 10.1. The second-order valence-electron chi connectivity index (χ2n) is 6.73. The number of pyridine rings is 1. The van der Waals surface area contributed by atoms with Gasteiger partial charge < -0.3 is 5.73 Å².